The van der Waals surface area contributed by atoms with E-state index in [0.29, 0.717) is 6.54 Å². The molecule has 4 nitrogen and oxygen atoms in total. The predicted molar refractivity (Wildman–Crippen MR) is 61.0 cm³/mol. The highest BCUT2D eigenvalue weighted by Crippen LogP contribution is 2.09. The van der Waals surface area contributed by atoms with Gasteiger partial charge in [-0.3, -0.25) is 4.98 Å². The summed E-state index contributed by atoms with van der Waals surface area (Å²) in [6.45, 7) is 5.84. The lowest BCUT2D eigenvalue weighted by molar-refractivity contribution is 0.301. The van der Waals surface area contributed by atoms with E-state index in [1.54, 1.807) is 12.4 Å². The van der Waals surface area contributed by atoms with Gasteiger partial charge in [0.25, 0.3) is 0 Å². The summed E-state index contributed by atoms with van der Waals surface area (Å²) in [5.74, 6) is 0.850. The van der Waals surface area contributed by atoms with E-state index in [1.807, 2.05) is 4.90 Å². The number of hydrogen-bond donors (Lipinski definition) is 1. The summed E-state index contributed by atoms with van der Waals surface area (Å²) in [4.78, 5) is 10.7. The lowest BCUT2D eigenvalue weighted by Crippen LogP contribution is -2.28. The molecule has 15 heavy (non-hydrogen) atoms. The lowest BCUT2D eigenvalue weighted by atomic mass is 10.3. The molecule has 1 N–H and O–H groups in total. The molecule has 0 saturated carbocycles. The van der Waals surface area contributed by atoms with E-state index in [0.717, 1.165) is 30.9 Å². The Morgan fingerprint density at radius 3 is 2.47 bits per heavy atom. The summed E-state index contributed by atoms with van der Waals surface area (Å²) in [5, 5.41) is 8.94. The molecule has 1 heterocycles. The molecule has 1 rings (SSSR count). The Morgan fingerprint density at radius 2 is 2.00 bits per heavy atom. The van der Waals surface area contributed by atoms with Crippen LogP contribution in [0.2, 0.25) is 0 Å². The Morgan fingerprint density at radius 1 is 1.20 bits per heavy atom. The monoisotopic (exact) mass is 209 g/mol. The van der Waals surface area contributed by atoms with Gasteiger partial charge in [-0.2, -0.15) is 0 Å². The van der Waals surface area contributed by atoms with Gasteiger partial charge in [0, 0.05) is 13.1 Å². The number of hydrogen-bond acceptors (Lipinski definition) is 4. The third-order valence-electron chi connectivity index (χ3n) is 2.24. The molecule has 0 aliphatic rings. The van der Waals surface area contributed by atoms with Crippen LogP contribution in [0.5, 0.6) is 0 Å². The van der Waals surface area contributed by atoms with Gasteiger partial charge < -0.3 is 10.0 Å². The van der Waals surface area contributed by atoms with Gasteiger partial charge in [0.1, 0.15) is 5.82 Å². The molecule has 0 saturated heterocycles. The molecule has 0 fully saturated rings. The first-order valence-corrected chi connectivity index (χ1v) is 5.48. The second kappa shape index (κ2) is 6.35. The zero-order chi connectivity index (χ0) is 11.1. The van der Waals surface area contributed by atoms with E-state index >= 15 is 0 Å². The molecule has 84 valence electrons. The fraction of sp³-hybridized carbons (Fsp3) is 0.636. The quantitative estimate of drug-likeness (QED) is 0.766. The van der Waals surface area contributed by atoms with E-state index in [2.05, 4.69) is 23.8 Å². The molecule has 0 aliphatic heterocycles. The number of anilines is 1. The van der Waals surface area contributed by atoms with Gasteiger partial charge >= 0.3 is 0 Å². The van der Waals surface area contributed by atoms with Crippen molar-refractivity contribution in [2.75, 3.05) is 24.6 Å². The highest BCUT2D eigenvalue weighted by Gasteiger charge is 2.06. The van der Waals surface area contributed by atoms with Crippen LogP contribution in [0.25, 0.3) is 0 Å². The van der Waals surface area contributed by atoms with E-state index in [4.69, 9.17) is 5.11 Å². The van der Waals surface area contributed by atoms with Gasteiger partial charge in [0.05, 0.1) is 24.7 Å². The highest BCUT2D eigenvalue weighted by atomic mass is 16.3. The molecular formula is C11H19N3O. The molecule has 0 radical (unpaired) electrons. The van der Waals surface area contributed by atoms with Crippen molar-refractivity contribution in [3.05, 3.63) is 18.1 Å². The van der Waals surface area contributed by atoms with E-state index in [9.17, 15) is 0 Å². The van der Waals surface area contributed by atoms with Crippen molar-refractivity contribution in [2.45, 2.75) is 26.7 Å². The van der Waals surface area contributed by atoms with Gasteiger partial charge in [-0.15, -0.1) is 0 Å². The number of aromatic nitrogens is 2. The second-order valence-electron chi connectivity index (χ2n) is 3.43. The lowest BCUT2D eigenvalue weighted by Gasteiger charge is -2.21. The average Bonchev–Trinajstić information content (AvgIpc) is 2.29. The first-order chi connectivity index (χ1) is 7.31. The van der Waals surface area contributed by atoms with Gasteiger partial charge in [0.15, 0.2) is 0 Å². The molecule has 0 amide bonds. The Kier molecular flexibility index (Phi) is 5.04. The molecule has 0 spiro atoms. The minimum absolute atomic E-state index is 0.150. The fourth-order valence-corrected chi connectivity index (χ4v) is 1.43. The third-order valence-corrected chi connectivity index (χ3v) is 2.24. The van der Waals surface area contributed by atoms with Crippen LogP contribution in [-0.4, -0.2) is 34.8 Å². The highest BCUT2D eigenvalue weighted by molar-refractivity contribution is 5.35. The Balaban J connectivity index is 2.72. The molecule has 1 aromatic rings. The largest absolute Gasteiger partial charge is 0.395 e. The predicted octanol–water partition coefficient (Wildman–Crippen LogP) is 1.25. The number of aliphatic hydroxyl groups excluding tert-OH is 1. The van der Waals surface area contributed by atoms with Crippen LogP contribution in [0.1, 0.15) is 26.0 Å². The molecule has 1 aromatic heterocycles. The van der Waals surface area contributed by atoms with Crippen LogP contribution in [0, 0.1) is 0 Å². The van der Waals surface area contributed by atoms with Crippen LogP contribution in [0.4, 0.5) is 5.82 Å². The van der Waals surface area contributed by atoms with Crippen LogP contribution in [0.15, 0.2) is 12.4 Å². The van der Waals surface area contributed by atoms with E-state index in [-0.39, 0.29) is 6.61 Å². The number of aliphatic hydroxyl groups is 1. The number of aryl methyl sites for hydroxylation is 1. The normalized spacial score (nSPS) is 10.3. The second-order valence-corrected chi connectivity index (χ2v) is 3.43. The van der Waals surface area contributed by atoms with Crippen molar-refractivity contribution in [2.24, 2.45) is 0 Å². The van der Waals surface area contributed by atoms with Gasteiger partial charge in [0.2, 0.25) is 0 Å². The summed E-state index contributed by atoms with van der Waals surface area (Å²) in [6.07, 6.45) is 5.53. The molecule has 4 heteroatoms. The summed E-state index contributed by atoms with van der Waals surface area (Å²) < 4.78 is 0. The van der Waals surface area contributed by atoms with Crippen LogP contribution in [0.3, 0.4) is 0 Å². The minimum Gasteiger partial charge on any atom is -0.395 e. The molecule has 0 bridgehead atoms. The van der Waals surface area contributed by atoms with Crippen LogP contribution >= 0.6 is 0 Å². The Labute approximate surface area is 91.0 Å². The zero-order valence-electron chi connectivity index (χ0n) is 9.48. The van der Waals surface area contributed by atoms with Crippen molar-refractivity contribution >= 4 is 5.82 Å². The maximum atomic E-state index is 8.94. The van der Waals surface area contributed by atoms with Crippen molar-refractivity contribution in [3.63, 3.8) is 0 Å². The smallest absolute Gasteiger partial charge is 0.147 e. The van der Waals surface area contributed by atoms with Crippen molar-refractivity contribution < 1.29 is 5.11 Å². The maximum Gasteiger partial charge on any atom is 0.147 e. The number of rotatable bonds is 6. The van der Waals surface area contributed by atoms with Crippen LogP contribution in [-0.2, 0) is 6.42 Å². The third kappa shape index (κ3) is 3.47. The SMILES string of the molecule is CCCN(CCO)c1cnc(CC)cn1. The topological polar surface area (TPSA) is 49.2 Å². The Hall–Kier alpha value is -1.16. The molecular weight excluding hydrogens is 190 g/mol. The standard InChI is InChI=1S/C11H19N3O/c1-3-5-14(6-7-15)11-9-12-10(4-2)8-13-11/h8-9,15H,3-7H2,1-2H3. The van der Waals surface area contributed by atoms with Gasteiger partial charge in [-0.05, 0) is 12.8 Å². The van der Waals surface area contributed by atoms with Crippen molar-refractivity contribution in [3.8, 4) is 0 Å². The van der Waals surface area contributed by atoms with Crippen molar-refractivity contribution in [1.82, 2.24) is 9.97 Å². The molecule has 0 unspecified atom stereocenters. The first-order valence-electron chi connectivity index (χ1n) is 5.48. The summed E-state index contributed by atoms with van der Waals surface area (Å²) in [7, 11) is 0. The fourth-order valence-electron chi connectivity index (χ4n) is 1.43. The molecule has 0 aliphatic carbocycles. The van der Waals surface area contributed by atoms with Gasteiger partial charge in [-0.25, -0.2) is 4.98 Å². The molecule has 0 atom stereocenters. The first kappa shape index (κ1) is 11.9. The minimum atomic E-state index is 0.150. The van der Waals surface area contributed by atoms with E-state index in [1.165, 1.54) is 0 Å². The Bertz CT molecular complexity index is 268. The zero-order valence-corrected chi connectivity index (χ0v) is 9.48. The maximum absolute atomic E-state index is 8.94. The van der Waals surface area contributed by atoms with E-state index < -0.39 is 0 Å². The molecule has 0 aromatic carbocycles. The average molecular weight is 209 g/mol. The van der Waals surface area contributed by atoms with Gasteiger partial charge in [-0.1, -0.05) is 13.8 Å². The summed E-state index contributed by atoms with van der Waals surface area (Å²) >= 11 is 0. The van der Waals surface area contributed by atoms with Crippen molar-refractivity contribution in [1.29, 1.82) is 0 Å². The summed E-state index contributed by atoms with van der Waals surface area (Å²) in [5.41, 5.74) is 0.999. The van der Waals surface area contributed by atoms with Crippen LogP contribution < -0.4 is 4.90 Å². The summed E-state index contributed by atoms with van der Waals surface area (Å²) in [6, 6.07) is 0. The number of nitrogens with zero attached hydrogens (tertiary/aromatic N) is 3.